The standard InChI is InChI=1S/C25H21BO2/c27-26(28-24-19-11-4-12-20-24)25(21-13-5-1-6-14-21,22-15-7-2-8-16-22)23-17-9-3-10-18-23/h1-20,27H. The maximum atomic E-state index is 11.6. The predicted octanol–water partition coefficient (Wildman–Crippen LogP) is 5.12. The van der Waals surface area contributed by atoms with Gasteiger partial charge in [-0.05, 0) is 28.8 Å². The molecule has 0 radical (unpaired) electrons. The van der Waals surface area contributed by atoms with Crippen molar-refractivity contribution in [2.45, 2.75) is 5.31 Å². The van der Waals surface area contributed by atoms with Crippen molar-refractivity contribution in [2.24, 2.45) is 0 Å². The molecule has 0 atom stereocenters. The number of para-hydroxylation sites is 1. The highest BCUT2D eigenvalue weighted by Crippen LogP contribution is 2.41. The minimum absolute atomic E-state index is 0.627. The zero-order valence-electron chi connectivity index (χ0n) is 15.5. The smallest absolute Gasteiger partial charge is 0.535 e. The Morgan fingerprint density at radius 1 is 0.500 bits per heavy atom. The lowest BCUT2D eigenvalue weighted by atomic mass is 9.48. The van der Waals surface area contributed by atoms with Gasteiger partial charge in [-0.15, -0.1) is 0 Å². The van der Waals surface area contributed by atoms with E-state index in [0.717, 1.165) is 16.7 Å². The minimum atomic E-state index is -1.12. The zero-order valence-corrected chi connectivity index (χ0v) is 15.5. The van der Waals surface area contributed by atoms with Crippen LogP contribution in [0, 0.1) is 0 Å². The van der Waals surface area contributed by atoms with Crippen LogP contribution in [0.1, 0.15) is 16.7 Å². The zero-order chi connectivity index (χ0) is 19.2. The van der Waals surface area contributed by atoms with Crippen molar-refractivity contribution >= 4 is 7.12 Å². The molecule has 0 saturated carbocycles. The quantitative estimate of drug-likeness (QED) is 0.380. The fraction of sp³-hybridized carbons (Fsp3) is 0.0400. The molecule has 136 valence electrons. The fourth-order valence-electron chi connectivity index (χ4n) is 3.75. The Labute approximate surface area is 166 Å². The number of rotatable bonds is 6. The van der Waals surface area contributed by atoms with Gasteiger partial charge in [0, 0.05) is 0 Å². The summed E-state index contributed by atoms with van der Waals surface area (Å²) in [6.45, 7) is 0. The summed E-state index contributed by atoms with van der Waals surface area (Å²) in [5.74, 6) is 0.627. The van der Waals surface area contributed by atoms with Gasteiger partial charge in [-0.25, -0.2) is 0 Å². The summed E-state index contributed by atoms with van der Waals surface area (Å²) in [5.41, 5.74) is 2.91. The van der Waals surface area contributed by atoms with Crippen LogP contribution in [0.3, 0.4) is 0 Å². The van der Waals surface area contributed by atoms with Gasteiger partial charge in [-0.3, -0.25) is 0 Å². The van der Waals surface area contributed by atoms with Crippen molar-refractivity contribution in [1.82, 2.24) is 0 Å². The van der Waals surface area contributed by atoms with E-state index < -0.39 is 12.4 Å². The molecule has 3 heteroatoms. The molecule has 4 rings (SSSR count). The maximum absolute atomic E-state index is 11.6. The Balaban J connectivity index is 1.95. The average Bonchev–Trinajstić information content (AvgIpc) is 2.77. The lowest BCUT2D eigenvalue weighted by Crippen LogP contribution is -2.49. The van der Waals surface area contributed by atoms with Gasteiger partial charge in [-0.2, -0.15) is 0 Å². The first kappa shape index (κ1) is 18.1. The first-order chi connectivity index (χ1) is 13.8. The van der Waals surface area contributed by atoms with E-state index in [-0.39, 0.29) is 0 Å². The Hall–Kier alpha value is -3.30. The summed E-state index contributed by atoms with van der Waals surface area (Å²) >= 11 is 0. The molecule has 0 spiro atoms. The van der Waals surface area contributed by atoms with Crippen LogP contribution in [-0.4, -0.2) is 12.1 Å². The molecule has 0 aromatic heterocycles. The summed E-state index contributed by atoms with van der Waals surface area (Å²) in [4.78, 5) is 0. The van der Waals surface area contributed by atoms with E-state index >= 15 is 0 Å². The van der Waals surface area contributed by atoms with E-state index in [1.165, 1.54) is 0 Å². The van der Waals surface area contributed by atoms with Crippen LogP contribution >= 0.6 is 0 Å². The van der Waals surface area contributed by atoms with Crippen LogP contribution < -0.4 is 4.65 Å². The van der Waals surface area contributed by atoms with E-state index in [4.69, 9.17) is 4.65 Å². The normalized spacial score (nSPS) is 11.0. The van der Waals surface area contributed by atoms with E-state index in [1.807, 2.05) is 121 Å². The highest BCUT2D eigenvalue weighted by Gasteiger charge is 2.50. The van der Waals surface area contributed by atoms with Crippen LogP contribution in [0.5, 0.6) is 5.75 Å². The van der Waals surface area contributed by atoms with Crippen molar-refractivity contribution in [3.05, 3.63) is 138 Å². The number of benzene rings is 4. The molecule has 0 amide bonds. The predicted molar refractivity (Wildman–Crippen MR) is 114 cm³/mol. The molecule has 0 bridgehead atoms. The minimum Gasteiger partial charge on any atom is -0.535 e. The highest BCUT2D eigenvalue weighted by molar-refractivity contribution is 6.50. The summed E-state index contributed by atoms with van der Waals surface area (Å²) in [5, 5.41) is 10.7. The van der Waals surface area contributed by atoms with E-state index in [0.29, 0.717) is 5.75 Å². The van der Waals surface area contributed by atoms with E-state index in [9.17, 15) is 5.02 Å². The molecule has 0 aliphatic heterocycles. The molecule has 0 aliphatic rings. The van der Waals surface area contributed by atoms with Crippen LogP contribution in [-0.2, 0) is 5.31 Å². The van der Waals surface area contributed by atoms with Gasteiger partial charge >= 0.3 is 7.12 Å². The van der Waals surface area contributed by atoms with Crippen molar-refractivity contribution in [1.29, 1.82) is 0 Å². The Morgan fingerprint density at radius 2 is 0.821 bits per heavy atom. The molecular formula is C25H21BO2. The van der Waals surface area contributed by atoms with Crippen LogP contribution in [0.15, 0.2) is 121 Å². The average molecular weight is 364 g/mol. The van der Waals surface area contributed by atoms with Crippen molar-refractivity contribution in [3.63, 3.8) is 0 Å². The van der Waals surface area contributed by atoms with Crippen molar-refractivity contribution < 1.29 is 9.68 Å². The number of hydrogen-bond donors (Lipinski definition) is 1. The van der Waals surface area contributed by atoms with Gasteiger partial charge in [0.25, 0.3) is 0 Å². The lowest BCUT2D eigenvalue weighted by molar-refractivity contribution is 0.384. The van der Waals surface area contributed by atoms with Gasteiger partial charge in [-0.1, -0.05) is 109 Å². The summed E-state index contributed by atoms with van der Waals surface area (Å²) in [6.07, 6.45) is 0. The second kappa shape index (κ2) is 8.16. The second-order valence-electron chi connectivity index (χ2n) is 6.69. The maximum Gasteiger partial charge on any atom is 0.543 e. The molecule has 0 saturated heterocycles. The monoisotopic (exact) mass is 364 g/mol. The largest absolute Gasteiger partial charge is 0.543 e. The Morgan fingerprint density at radius 3 is 1.18 bits per heavy atom. The van der Waals surface area contributed by atoms with Gasteiger partial charge in [0.15, 0.2) is 0 Å². The molecule has 28 heavy (non-hydrogen) atoms. The molecule has 2 nitrogen and oxygen atoms in total. The molecular weight excluding hydrogens is 343 g/mol. The van der Waals surface area contributed by atoms with E-state index in [1.54, 1.807) is 0 Å². The lowest BCUT2D eigenvalue weighted by Gasteiger charge is -2.36. The summed E-state index contributed by atoms with van der Waals surface area (Å²) < 4.78 is 6.10. The van der Waals surface area contributed by atoms with E-state index in [2.05, 4.69) is 0 Å². The first-order valence-electron chi connectivity index (χ1n) is 9.38. The van der Waals surface area contributed by atoms with Crippen molar-refractivity contribution in [3.8, 4) is 5.75 Å². The highest BCUT2D eigenvalue weighted by atomic mass is 16.5. The van der Waals surface area contributed by atoms with Crippen molar-refractivity contribution in [2.75, 3.05) is 0 Å². The molecule has 4 aromatic rings. The molecule has 0 heterocycles. The molecule has 0 unspecified atom stereocenters. The van der Waals surface area contributed by atoms with Crippen LogP contribution in [0.4, 0.5) is 0 Å². The van der Waals surface area contributed by atoms with Gasteiger partial charge in [0.05, 0.1) is 5.31 Å². The topological polar surface area (TPSA) is 29.5 Å². The summed E-state index contributed by atoms with van der Waals surface area (Å²) in [6, 6.07) is 39.6. The third-order valence-corrected chi connectivity index (χ3v) is 5.05. The first-order valence-corrected chi connectivity index (χ1v) is 9.38. The molecule has 4 aromatic carbocycles. The third-order valence-electron chi connectivity index (χ3n) is 5.05. The van der Waals surface area contributed by atoms with Gasteiger partial charge in [0.1, 0.15) is 5.75 Å². The van der Waals surface area contributed by atoms with Crippen LogP contribution in [0.25, 0.3) is 0 Å². The molecule has 1 N–H and O–H groups in total. The third kappa shape index (κ3) is 3.33. The summed E-state index contributed by atoms with van der Waals surface area (Å²) in [7, 11) is -1.12. The van der Waals surface area contributed by atoms with Crippen LogP contribution in [0.2, 0.25) is 0 Å². The molecule has 0 fully saturated rings. The Kier molecular flexibility index (Phi) is 5.27. The van der Waals surface area contributed by atoms with Gasteiger partial charge in [0.2, 0.25) is 0 Å². The Bertz CT molecular complexity index is 893. The fourth-order valence-corrected chi connectivity index (χ4v) is 3.75. The number of hydrogen-bond acceptors (Lipinski definition) is 2. The van der Waals surface area contributed by atoms with Gasteiger partial charge < -0.3 is 9.68 Å². The molecule has 0 aliphatic carbocycles. The second-order valence-corrected chi connectivity index (χ2v) is 6.69. The SMILES string of the molecule is OB(Oc1ccccc1)C(c1ccccc1)(c1ccccc1)c1ccccc1.